The van der Waals surface area contributed by atoms with Crippen LogP contribution in [0.15, 0.2) is 17.3 Å². The summed E-state index contributed by atoms with van der Waals surface area (Å²) in [6, 6.07) is 0. The van der Waals surface area contributed by atoms with E-state index in [0.29, 0.717) is 5.52 Å². The fourth-order valence-electron chi connectivity index (χ4n) is 1.54. The molecule has 2 aromatic rings. The summed E-state index contributed by atoms with van der Waals surface area (Å²) in [6.45, 7) is 3.82. The number of nitrogens with one attached hydrogen (secondary N) is 3. The lowest BCUT2D eigenvalue weighted by Gasteiger charge is -1.99. The molecular weight excluding hydrogens is 192 g/mol. The molecule has 15 heavy (non-hydrogen) atoms. The number of hydrogen-bond donors (Lipinski definition) is 3. The van der Waals surface area contributed by atoms with E-state index in [1.165, 1.54) is 6.33 Å². The third-order valence-corrected chi connectivity index (χ3v) is 2.29. The van der Waals surface area contributed by atoms with Crippen LogP contribution in [-0.4, -0.2) is 21.5 Å². The van der Waals surface area contributed by atoms with E-state index >= 15 is 0 Å². The zero-order valence-electron chi connectivity index (χ0n) is 8.63. The van der Waals surface area contributed by atoms with E-state index in [0.717, 1.165) is 30.6 Å². The lowest BCUT2D eigenvalue weighted by atomic mass is 10.3. The van der Waals surface area contributed by atoms with Crippen LogP contribution in [-0.2, 0) is 6.54 Å². The third-order valence-electron chi connectivity index (χ3n) is 2.29. The van der Waals surface area contributed by atoms with Gasteiger partial charge < -0.3 is 15.3 Å². The maximum atomic E-state index is 11.4. The maximum absolute atomic E-state index is 11.4. The van der Waals surface area contributed by atoms with E-state index < -0.39 is 0 Å². The highest BCUT2D eigenvalue weighted by Gasteiger charge is 2.06. The highest BCUT2D eigenvalue weighted by Crippen LogP contribution is 2.10. The van der Waals surface area contributed by atoms with E-state index in [4.69, 9.17) is 0 Å². The first-order valence-electron chi connectivity index (χ1n) is 5.07. The molecule has 80 valence electrons. The average Bonchev–Trinajstić information content (AvgIpc) is 2.64. The number of fused-ring (bicyclic) bond motifs is 1. The number of aromatic nitrogens is 3. The molecule has 2 heterocycles. The zero-order chi connectivity index (χ0) is 10.7. The summed E-state index contributed by atoms with van der Waals surface area (Å²) < 4.78 is 0. The minimum absolute atomic E-state index is 0.123. The summed E-state index contributed by atoms with van der Waals surface area (Å²) in [7, 11) is 0. The van der Waals surface area contributed by atoms with Crippen molar-refractivity contribution in [2.75, 3.05) is 6.54 Å². The topological polar surface area (TPSA) is 73.6 Å². The average molecular weight is 206 g/mol. The van der Waals surface area contributed by atoms with Gasteiger partial charge in [0.2, 0.25) is 0 Å². The fourth-order valence-corrected chi connectivity index (χ4v) is 1.54. The van der Waals surface area contributed by atoms with Gasteiger partial charge in [-0.1, -0.05) is 6.92 Å². The van der Waals surface area contributed by atoms with Crippen molar-refractivity contribution in [2.24, 2.45) is 0 Å². The smallest absolute Gasteiger partial charge is 0.275 e. The maximum Gasteiger partial charge on any atom is 0.275 e. The lowest BCUT2D eigenvalue weighted by molar-refractivity contribution is 0.677. The second-order valence-corrected chi connectivity index (χ2v) is 3.45. The Morgan fingerprint density at radius 2 is 2.33 bits per heavy atom. The Kier molecular flexibility index (Phi) is 2.82. The van der Waals surface area contributed by atoms with Gasteiger partial charge in [0.25, 0.3) is 5.56 Å². The minimum atomic E-state index is -0.123. The first-order chi connectivity index (χ1) is 7.33. The Morgan fingerprint density at radius 1 is 1.47 bits per heavy atom. The summed E-state index contributed by atoms with van der Waals surface area (Å²) >= 11 is 0. The molecule has 3 N–H and O–H groups in total. The van der Waals surface area contributed by atoms with Gasteiger partial charge in [-0.25, -0.2) is 4.98 Å². The van der Waals surface area contributed by atoms with Crippen LogP contribution in [0.5, 0.6) is 0 Å². The Bertz CT molecular complexity index is 499. The van der Waals surface area contributed by atoms with Crippen LogP contribution in [0.2, 0.25) is 0 Å². The molecule has 0 bridgehead atoms. The number of hydrogen-bond acceptors (Lipinski definition) is 3. The molecule has 0 aromatic carbocycles. The third kappa shape index (κ3) is 1.92. The van der Waals surface area contributed by atoms with Crippen LogP contribution >= 0.6 is 0 Å². The van der Waals surface area contributed by atoms with Gasteiger partial charge in [0.05, 0.1) is 11.8 Å². The Morgan fingerprint density at radius 3 is 3.13 bits per heavy atom. The van der Waals surface area contributed by atoms with Crippen LogP contribution in [0, 0.1) is 0 Å². The molecule has 0 atom stereocenters. The van der Waals surface area contributed by atoms with Crippen molar-refractivity contribution in [3.05, 3.63) is 28.4 Å². The molecule has 0 saturated carbocycles. The van der Waals surface area contributed by atoms with Crippen LogP contribution in [0.25, 0.3) is 11.0 Å². The quantitative estimate of drug-likeness (QED) is 0.646. The molecule has 0 fully saturated rings. The van der Waals surface area contributed by atoms with Crippen molar-refractivity contribution in [1.29, 1.82) is 0 Å². The summed E-state index contributed by atoms with van der Waals surface area (Å²) in [6.07, 6.45) is 4.35. The predicted molar refractivity (Wildman–Crippen MR) is 58.7 cm³/mol. The molecule has 5 heteroatoms. The van der Waals surface area contributed by atoms with Gasteiger partial charge in [0.15, 0.2) is 0 Å². The lowest BCUT2D eigenvalue weighted by Crippen LogP contribution is -2.14. The summed E-state index contributed by atoms with van der Waals surface area (Å²) in [5, 5.41) is 3.28. The van der Waals surface area contributed by atoms with E-state index in [1.807, 2.05) is 6.20 Å². The predicted octanol–water partition coefficient (Wildman–Crippen LogP) is 0.751. The van der Waals surface area contributed by atoms with E-state index in [1.54, 1.807) is 0 Å². The first-order valence-corrected chi connectivity index (χ1v) is 5.07. The second kappa shape index (κ2) is 4.27. The standard InChI is InChI=1S/C10H14N4O/c1-2-3-11-4-7-5-12-9-8(7)13-6-14-10(9)15/h5-6,11-12H,2-4H2,1H3,(H,13,14,15). The number of rotatable bonds is 4. The van der Waals surface area contributed by atoms with Crippen molar-refractivity contribution in [2.45, 2.75) is 19.9 Å². The van der Waals surface area contributed by atoms with Gasteiger partial charge in [-0.2, -0.15) is 0 Å². The fraction of sp³-hybridized carbons (Fsp3) is 0.400. The molecule has 5 nitrogen and oxygen atoms in total. The van der Waals surface area contributed by atoms with Gasteiger partial charge >= 0.3 is 0 Å². The minimum Gasteiger partial charge on any atom is -0.355 e. The zero-order valence-corrected chi connectivity index (χ0v) is 8.63. The van der Waals surface area contributed by atoms with Crippen LogP contribution < -0.4 is 10.9 Å². The second-order valence-electron chi connectivity index (χ2n) is 3.45. The first kappa shape index (κ1) is 9.92. The Hall–Kier alpha value is -1.62. The largest absolute Gasteiger partial charge is 0.355 e. The van der Waals surface area contributed by atoms with E-state index in [2.05, 4.69) is 27.2 Å². The number of H-pyrrole nitrogens is 2. The molecule has 0 aliphatic carbocycles. The van der Waals surface area contributed by atoms with Gasteiger partial charge in [0, 0.05) is 18.3 Å². The number of nitrogens with zero attached hydrogens (tertiary/aromatic N) is 1. The van der Waals surface area contributed by atoms with Gasteiger partial charge in [-0.15, -0.1) is 0 Å². The van der Waals surface area contributed by atoms with Crippen molar-refractivity contribution in [1.82, 2.24) is 20.3 Å². The van der Waals surface area contributed by atoms with E-state index in [-0.39, 0.29) is 5.56 Å². The number of aromatic amines is 2. The molecule has 0 saturated heterocycles. The van der Waals surface area contributed by atoms with Crippen LogP contribution in [0.3, 0.4) is 0 Å². The molecule has 0 unspecified atom stereocenters. The Labute approximate surface area is 86.9 Å². The van der Waals surface area contributed by atoms with Crippen LogP contribution in [0.1, 0.15) is 18.9 Å². The van der Waals surface area contributed by atoms with Crippen molar-refractivity contribution < 1.29 is 0 Å². The van der Waals surface area contributed by atoms with Crippen molar-refractivity contribution in [3.63, 3.8) is 0 Å². The molecule has 0 aliphatic rings. The molecule has 0 radical (unpaired) electrons. The molecule has 2 aromatic heterocycles. The van der Waals surface area contributed by atoms with Crippen LogP contribution in [0.4, 0.5) is 0 Å². The van der Waals surface area contributed by atoms with Gasteiger partial charge in [0.1, 0.15) is 5.52 Å². The summed E-state index contributed by atoms with van der Waals surface area (Å²) in [5.74, 6) is 0. The molecule has 0 aliphatic heterocycles. The normalized spacial score (nSPS) is 11.0. The summed E-state index contributed by atoms with van der Waals surface area (Å²) in [5.41, 5.74) is 2.21. The Balaban J connectivity index is 2.29. The summed E-state index contributed by atoms with van der Waals surface area (Å²) in [4.78, 5) is 21.0. The molecular formula is C10H14N4O. The highest BCUT2D eigenvalue weighted by atomic mass is 16.1. The molecule has 0 amide bonds. The van der Waals surface area contributed by atoms with Crippen molar-refractivity contribution in [3.8, 4) is 0 Å². The van der Waals surface area contributed by atoms with Crippen molar-refractivity contribution >= 4 is 11.0 Å². The van der Waals surface area contributed by atoms with Gasteiger partial charge in [-0.3, -0.25) is 4.79 Å². The molecule has 2 rings (SSSR count). The monoisotopic (exact) mass is 206 g/mol. The van der Waals surface area contributed by atoms with E-state index in [9.17, 15) is 4.79 Å². The van der Waals surface area contributed by atoms with Gasteiger partial charge in [-0.05, 0) is 13.0 Å². The molecule has 0 spiro atoms. The SMILES string of the molecule is CCCNCc1c[nH]c2c(=O)[nH]cnc12. The highest BCUT2D eigenvalue weighted by molar-refractivity contribution is 5.77.